The number of fused-ring (bicyclic) bond motifs is 1. The smallest absolute Gasteiger partial charge is 0.264 e. The van der Waals surface area contributed by atoms with Crippen molar-refractivity contribution in [3.8, 4) is 0 Å². The summed E-state index contributed by atoms with van der Waals surface area (Å²) in [6.45, 7) is 1.81. The predicted octanol–water partition coefficient (Wildman–Crippen LogP) is 2.61. The van der Waals surface area contributed by atoms with Gasteiger partial charge in [0.15, 0.2) is 0 Å². The van der Waals surface area contributed by atoms with Gasteiger partial charge in [-0.25, -0.2) is 8.42 Å². The van der Waals surface area contributed by atoms with Gasteiger partial charge in [-0.15, -0.1) is 0 Å². The molecule has 1 unspecified atom stereocenters. The number of rotatable bonds is 3. The Hall–Kier alpha value is -1.86. The zero-order chi connectivity index (χ0) is 17.5. The fraction of sp³-hybridized carbons (Fsp3) is 0.235. The molecule has 0 spiro atoms. The molecule has 2 aromatic rings. The van der Waals surface area contributed by atoms with Crippen LogP contribution in [-0.2, 0) is 21.2 Å². The number of amides is 1. The quantitative estimate of drug-likeness (QED) is 0.847. The Morgan fingerprint density at radius 3 is 2.67 bits per heavy atom. The van der Waals surface area contributed by atoms with Gasteiger partial charge in [-0.1, -0.05) is 40.2 Å². The van der Waals surface area contributed by atoms with E-state index in [1.807, 2.05) is 12.1 Å². The van der Waals surface area contributed by atoms with Crippen molar-refractivity contribution in [3.63, 3.8) is 0 Å². The molecule has 1 atom stereocenters. The number of aryl methyl sites for hydroxylation is 1. The highest BCUT2D eigenvalue weighted by atomic mass is 79.9. The van der Waals surface area contributed by atoms with Gasteiger partial charge in [0.05, 0.1) is 16.5 Å². The van der Waals surface area contributed by atoms with E-state index in [9.17, 15) is 13.2 Å². The van der Waals surface area contributed by atoms with Crippen molar-refractivity contribution in [2.75, 3.05) is 10.8 Å². The van der Waals surface area contributed by atoms with E-state index >= 15 is 0 Å². The van der Waals surface area contributed by atoms with Crippen LogP contribution in [0.2, 0.25) is 0 Å². The molecular formula is C17H17BrN2O3S. The molecule has 1 aliphatic rings. The van der Waals surface area contributed by atoms with Crippen molar-refractivity contribution in [1.29, 1.82) is 0 Å². The standard InChI is InChI=1S/C17H17BrN2O3S/c1-11-6-7-14(18)9-16(11)24(22,23)20-10-13(17(19)21)8-12-4-2-3-5-15(12)20/h2-7,9,13H,8,10H2,1H3,(H2,19,21). The summed E-state index contributed by atoms with van der Waals surface area (Å²) >= 11 is 3.32. The van der Waals surface area contributed by atoms with Gasteiger partial charge in [0.25, 0.3) is 10.0 Å². The molecule has 0 radical (unpaired) electrons. The lowest BCUT2D eigenvalue weighted by molar-refractivity contribution is -0.121. The molecule has 2 aromatic carbocycles. The number of primary amides is 1. The summed E-state index contributed by atoms with van der Waals surface area (Å²) in [5.74, 6) is -1.03. The van der Waals surface area contributed by atoms with Crippen molar-refractivity contribution in [1.82, 2.24) is 0 Å². The molecule has 5 nitrogen and oxygen atoms in total. The van der Waals surface area contributed by atoms with E-state index in [1.165, 1.54) is 4.31 Å². The lowest BCUT2D eigenvalue weighted by Gasteiger charge is -2.34. The summed E-state index contributed by atoms with van der Waals surface area (Å²) < 4.78 is 28.5. The SMILES string of the molecule is Cc1ccc(Br)cc1S(=O)(=O)N1CC(C(N)=O)Cc2ccccc21. The van der Waals surface area contributed by atoms with Gasteiger partial charge in [-0.2, -0.15) is 0 Å². The van der Waals surface area contributed by atoms with E-state index in [1.54, 1.807) is 37.3 Å². The lowest BCUT2D eigenvalue weighted by atomic mass is 9.93. The summed E-state index contributed by atoms with van der Waals surface area (Å²) in [4.78, 5) is 11.9. The number of sulfonamides is 1. The molecule has 2 N–H and O–H groups in total. The zero-order valence-corrected chi connectivity index (χ0v) is 15.5. The van der Waals surface area contributed by atoms with Crippen LogP contribution in [-0.4, -0.2) is 20.9 Å². The largest absolute Gasteiger partial charge is 0.369 e. The van der Waals surface area contributed by atoms with Crippen LogP contribution in [0.1, 0.15) is 11.1 Å². The number of carbonyl (C=O) groups excluding carboxylic acids is 1. The van der Waals surface area contributed by atoms with Crippen LogP contribution >= 0.6 is 15.9 Å². The Balaban J connectivity index is 2.16. The number of halogens is 1. The number of hydrogen-bond acceptors (Lipinski definition) is 3. The number of anilines is 1. The van der Waals surface area contributed by atoms with Gasteiger partial charge in [0.1, 0.15) is 0 Å². The summed E-state index contributed by atoms with van der Waals surface area (Å²) in [7, 11) is -3.80. The zero-order valence-electron chi connectivity index (χ0n) is 13.1. The van der Waals surface area contributed by atoms with Crippen LogP contribution < -0.4 is 10.0 Å². The molecule has 126 valence electrons. The predicted molar refractivity (Wildman–Crippen MR) is 96.2 cm³/mol. The van der Waals surface area contributed by atoms with E-state index in [2.05, 4.69) is 15.9 Å². The molecule has 7 heteroatoms. The first kappa shape index (κ1) is 17.0. The highest BCUT2D eigenvalue weighted by Gasteiger charge is 2.35. The molecule has 0 aromatic heterocycles. The van der Waals surface area contributed by atoms with Gasteiger partial charge < -0.3 is 5.73 Å². The summed E-state index contributed by atoms with van der Waals surface area (Å²) in [5, 5.41) is 0. The maximum Gasteiger partial charge on any atom is 0.264 e. The minimum Gasteiger partial charge on any atom is -0.369 e. The maximum atomic E-state index is 13.2. The fourth-order valence-electron chi connectivity index (χ4n) is 2.94. The molecule has 0 bridgehead atoms. The molecule has 0 aliphatic carbocycles. The lowest BCUT2D eigenvalue weighted by Crippen LogP contribution is -2.44. The monoisotopic (exact) mass is 408 g/mol. The van der Waals surface area contributed by atoms with Crippen LogP contribution in [0.3, 0.4) is 0 Å². The summed E-state index contributed by atoms with van der Waals surface area (Å²) in [6, 6.07) is 12.3. The Labute approximate surface area is 149 Å². The van der Waals surface area contributed by atoms with Crippen molar-refractivity contribution in [3.05, 3.63) is 58.1 Å². The Morgan fingerprint density at radius 2 is 1.96 bits per heavy atom. The van der Waals surface area contributed by atoms with Gasteiger partial charge in [-0.3, -0.25) is 9.10 Å². The molecule has 1 amide bonds. The molecule has 24 heavy (non-hydrogen) atoms. The number of nitrogens with two attached hydrogens (primary N) is 1. The van der Waals surface area contributed by atoms with Crippen molar-refractivity contribution in [2.24, 2.45) is 11.7 Å². The van der Waals surface area contributed by atoms with Crippen LogP contribution in [0.25, 0.3) is 0 Å². The molecule has 1 heterocycles. The number of benzene rings is 2. The van der Waals surface area contributed by atoms with Gasteiger partial charge in [-0.05, 0) is 42.7 Å². The van der Waals surface area contributed by atoms with Gasteiger partial charge >= 0.3 is 0 Å². The van der Waals surface area contributed by atoms with E-state index in [-0.39, 0.29) is 11.4 Å². The minimum atomic E-state index is -3.80. The number of hydrogen-bond donors (Lipinski definition) is 1. The third kappa shape index (κ3) is 2.93. The summed E-state index contributed by atoms with van der Waals surface area (Å²) in [5.41, 5.74) is 7.52. The number of para-hydroxylation sites is 1. The topological polar surface area (TPSA) is 80.5 Å². The first-order valence-corrected chi connectivity index (χ1v) is 9.70. The first-order chi connectivity index (χ1) is 11.3. The van der Waals surface area contributed by atoms with Crippen molar-refractivity contribution in [2.45, 2.75) is 18.2 Å². The Morgan fingerprint density at radius 1 is 1.25 bits per heavy atom. The second kappa shape index (κ2) is 6.22. The third-order valence-electron chi connectivity index (χ3n) is 4.23. The average Bonchev–Trinajstić information content (AvgIpc) is 2.55. The maximum absolute atomic E-state index is 13.2. The second-order valence-corrected chi connectivity index (χ2v) is 8.62. The minimum absolute atomic E-state index is 0.0562. The number of carbonyl (C=O) groups is 1. The normalized spacial score (nSPS) is 17.4. The van der Waals surface area contributed by atoms with E-state index in [0.29, 0.717) is 22.1 Å². The van der Waals surface area contributed by atoms with Crippen LogP contribution in [0, 0.1) is 12.8 Å². The Bertz CT molecular complexity index is 912. The van der Waals surface area contributed by atoms with E-state index < -0.39 is 21.8 Å². The highest BCUT2D eigenvalue weighted by molar-refractivity contribution is 9.10. The summed E-state index contributed by atoms with van der Waals surface area (Å²) in [6.07, 6.45) is 0.453. The second-order valence-electron chi connectivity index (χ2n) is 5.88. The average molecular weight is 409 g/mol. The molecule has 0 saturated carbocycles. The van der Waals surface area contributed by atoms with E-state index in [4.69, 9.17) is 5.73 Å². The van der Waals surface area contributed by atoms with Crippen LogP contribution in [0.4, 0.5) is 5.69 Å². The van der Waals surface area contributed by atoms with Crippen molar-refractivity contribution >= 4 is 37.5 Å². The van der Waals surface area contributed by atoms with E-state index in [0.717, 1.165) is 5.56 Å². The fourth-order valence-corrected chi connectivity index (χ4v) is 5.26. The van der Waals surface area contributed by atoms with Crippen LogP contribution in [0.15, 0.2) is 51.8 Å². The number of nitrogens with zero attached hydrogens (tertiary/aromatic N) is 1. The third-order valence-corrected chi connectivity index (χ3v) is 6.65. The van der Waals surface area contributed by atoms with Crippen LogP contribution in [0.5, 0.6) is 0 Å². The highest BCUT2D eigenvalue weighted by Crippen LogP contribution is 2.35. The molecular weight excluding hydrogens is 392 g/mol. The van der Waals surface area contributed by atoms with Crippen molar-refractivity contribution < 1.29 is 13.2 Å². The molecule has 0 saturated heterocycles. The van der Waals surface area contributed by atoms with Gasteiger partial charge in [0.2, 0.25) is 5.91 Å². The Kier molecular flexibility index (Phi) is 4.40. The molecule has 1 aliphatic heterocycles. The first-order valence-electron chi connectivity index (χ1n) is 7.47. The van der Waals surface area contributed by atoms with Gasteiger partial charge in [0, 0.05) is 11.0 Å². The molecule has 3 rings (SSSR count). The molecule has 0 fully saturated rings.